The third-order valence-electron chi connectivity index (χ3n) is 2.92. The summed E-state index contributed by atoms with van der Waals surface area (Å²) in [5.41, 5.74) is 0.652. The fourth-order valence-corrected chi connectivity index (χ4v) is 1.85. The molecule has 0 saturated carbocycles. The van der Waals surface area contributed by atoms with Gasteiger partial charge in [0.1, 0.15) is 6.07 Å². The first-order valence-corrected chi connectivity index (χ1v) is 6.31. The summed E-state index contributed by atoms with van der Waals surface area (Å²) in [4.78, 5) is 0. The van der Waals surface area contributed by atoms with Crippen LogP contribution in [0.15, 0.2) is 30.6 Å². The zero-order valence-electron chi connectivity index (χ0n) is 11.3. The number of benzene rings is 1. The molecule has 0 aliphatic heterocycles. The molecule has 2 rings (SSSR count). The van der Waals surface area contributed by atoms with Gasteiger partial charge in [0.25, 0.3) is 0 Å². The van der Waals surface area contributed by atoms with E-state index in [9.17, 15) is 13.2 Å². The number of hydrogen-bond acceptors (Lipinski definition) is 3. The normalized spacial score (nSPS) is 11.4. The van der Waals surface area contributed by atoms with Gasteiger partial charge in [-0.2, -0.15) is 23.5 Å². The molecule has 0 atom stereocenters. The minimum absolute atomic E-state index is 0.280. The second kappa shape index (κ2) is 5.97. The molecule has 0 aliphatic rings. The lowest BCUT2D eigenvalue weighted by molar-refractivity contribution is -0.137. The molecule has 0 aliphatic carbocycles. The highest BCUT2D eigenvalue weighted by Crippen LogP contribution is 2.29. The van der Waals surface area contributed by atoms with Gasteiger partial charge in [-0.05, 0) is 24.2 Å². The average molecular weight is 294 g/mol. The summed E-state index contributed by atoms with van der Waals surface area (Å²) in [6.07, 6.45) is -2.83. The Labute approximate surface area is 119 Å². The van der Waals surface area contributed by atoms with E-state index in [1.807, 2.05) is 13.0 Å². The zero-order valence-corrected chi connectivity index (χ0v) is 11.3. The van der Waals surface area contributed by atoms with Crippen molar-refractivity contribution in [2.75, 3.05) is 6.54 Å². The molecule has 4 nitrogen and oxygen atoms in total. The molecular weight excluding hydrogens is 281 g/mol. The average Bonchev–Trinajstić information content (AvgIpc) is 2.94. The van der Waals surface area contributed by atoms with Crippen molar-refractivity contribution in [1.29, 1.82) is 5.26 Å². The van der Waals surface area contributed by atoms with E-state index in [1.165, 1.54) is 0 Å². The van der Waals surface area contributed by atoms with Crippen molar-refractivity contribution in [2.45, 2.75) is 19.6 Å². The molecule has 0 saturated heterocycles. The van der Waals surface area contributed by atoms with Crippen LogP contribution in [0.3, 0.4) is 0 Å². The lowest BCUT2D eigenvalue weighted by Gasteiger charge is -2.07. The number of nitriles is 1. The number of hydrogen-bond donors (Lipinski definition) is 1. The van der Waals surface area contributed by atoms with E-state index >= 15 is 0 Å². The first-order chi connectivity index (χ1) is 9.95. The molecule has 0 amide bonds. The number of rotatable bonds is 4. The Morgan fingerprint density at radius 3 is 2.71 bits per heavy atom. The summed E-state index contributed by atoms with van der Waals surface area (Å²) in [6.45, 7) is 3.35. The van der Waals surface area contributed by atoms with E-state index in [1.54, 1.807) is 18.2 Å². The fourth-order valence-electron chi connectivity index (χ4n) is 1.85. The minimum atomic E-state index is -4.45. The van der Waals surface area contributed by atoms with Gasteiger partial charge in [0.2, 0.25) is 0 Å². The maximum atomic E-state index is 12.6. The highest BCUT2D eigenvalue weighted by atomic mass is 19.4. The maximum Gasteiger partial charge on any atom is 0.419 e. The molecule has 0 bridgehead atoms. The minimum Gasteiger partial charge on any atom is -0.313 e. The van der Waals surface area contributed by atoms with Gasteiger partial charge in [-0.15, -0.1) is 0 Å². The highest BCUT2D eigenvalue weighted by molar-refractivity contribution is 5.50. The predicted octanol–water partition coefficient (Wildman–Crippen LogP) is 2.87. The molecule has 2 aromatic rings. The van der Waals surface area contributed by atoms with Crippen molar-refractivity contribution in [3.63, 3.8) is 0 Å². The van der Waals surface area contributed by atoms with Crippen molar-refractivity contribution in [3.05, 3.63) is 47.3 Å². The Morgan fingerprint density at radius 1 is 1.38 bits per heavy atom. The van der Waals surface area contributed by atoms with Crippen LogP contribution in [0.4, 0.5) is 13.2 Å². The van der Waals surface area contributed by atoms with Crippen LogP contribution in [0.2, 0.25) is 0 Å². The molecule has 0 radical (unpaired) electrons. The van der Waals surface area contributed by atoms with Crippen LogP contribution in [-0.2, 0) is 12.7 Å². The first-order valence-electron chi connectivity index (χ1n) is 6.31. The topological polar surface area (TPSA) is 53.6 Å². The maximum absolute atomic E-state index is 12.6. The Kier molecular flexibility index (Phi) is 4.29. The molecule has 0 spiro atoms. The standard InChI is InChI=1S/C14H13F3N4/c1-2-19-7-10-3-4-13(11(5-10)6-18)21-9-12(8-20-21)14(15,16)17/h3-5,8-9,19H,2,7H2,1H3. The van der Waals surface area contributed by atoms with Crippen molar-refractivity contribution in [3.8, 4) is 11.8 Å². The summed E-state index contributed by atoms with van der Waals surface area (Å²) in [6, 6.07) is 6.99. The van der Waals surface area contributed by atoms with Gasteiger partial charge < -0.3 is 5.32 Å². The van der Waals surface area contributed by atoms with Crippen LogP contribution in [-0.4, -0.2) is 16.3 Å². The third-order valence-corrected chi connectivity index (χ3v) is 2.92. The van der Waals surface area contributed by atoms with Crippen LogP contribution in [0.25, 0.3) is 5.69 Å². The van der Waals surface area contributed by atoms with E-state index < -0.39 is 11.7 Å². The molecule has 1 aromatic carbocycles. The molecule has 21 heavy (non-hydrogen) atoms. The van der Waals surface area contributed by atoms with Crippen LogP contribution >= 0.6 is 0 Å². The highest BCUT2D eigenvalue weighted by Gasteiger charge is 2.32. The van der Waals surface area contributed by atoms with Gasteiger partial charge in [0, 0.05) is 12.7 Å². The Balaban J connectivity index is 2.36. The van der Waals surface area contributed by atoms with Crippen molar-refractivity contribution in [2.24, 2.45) is 0 Å². The smallest absolute Gasteiger partial charge is 0.313 e. The van der Waals surface area contributed by atoms with Crippen LogP contribution in [0.5, 0.6) is 0 Å². The van der Waals surface area contributed by atoms with Gasteiger partial charge in [0.15, 0.2) is 0 Å². The SMILES string of the molecule is CCNCc1ccc(-n2cc(C(F)(F)F)cn2)c(C#N)c1. The molecule has 7 heteroatoms. The molecule has 0 fully saturated rings. The van der Waals surface area contributed by atoms with Gasteiger partial charge in [-0.3, -0.25) is 0 Å². The van der Waals surface area contributed by atoms with Gasteiger partial charge >= 0.3 is 6.18 Å². The monoisotopic (exact) mass is 294 g/mol. The predicted molar refractivity (Wildman–Crippen MR) is 70.7 cm³/mol. The molecule has 1 N–H and O–H groups in total. The molecule has 1 aromatic heterocycles. The molecule has 110 valence electrons. The summed E-state index contributed by atoms with van der Waals surface area (Å²) < 4.78 is 38.8. The third kappa shape index (κ3) is 3.41. The number of nitrogens with one attached hydrogen (secondary N) is 1. The summed E-state index contributed by atoms with van der Waals surface area (Å²) in [7, 11) is 0. The lowest BCUT2D eigenvalue weighted by Crippen LogP contribution is -2.12. The van der Waals surface area contributed by atoms with E-state index in [2.05, 4.69) is 10.4 Å². The summed E-state index contributed by atoms with van der Waals surface area (Å²) in [5.74, 6) is 0. The number of aromatic nitrogens is 2. The van der Waals surface area contributed by atoms with E-state index in [0.29, 0.717) is 12.2 Å². The molecular formula is C14H13F3N4. The van der Waals surface area contributed by atoms with Crippen LogP contribution in [0, 0.1) is 11.3 Å². The molecule has 0 unspecified atom stereocenters. The van der Waals surface area contributed by atoms with Gasteiger partial charge in [-0.1, -0.05) is 13.0 Å². The van der Waals surface area contributed by atoms with E-state index in [4.69, 9.17) is 5.26 Å². The fraction of sp³-hybridized carbons (Fsp3) is 0.286. The van der Waals surface area contributed by atoms with Crippen molar-refractivity contribution < 1.29 is 13.2 Å². The van der Waals surface area contributed by atoms with E-state index in [-0.39, 0.29) is 5.56 Å². The first kappa shape index (κ1) is 15.1. The molecule has 1 heterocycles. The summed E-state index contributed by atoms with van der Waals surface area (Å²) >= 11 is 0. The van der Waals surface area contributed by atoms with Crippen LogP contribution < -0.4 is 5.32 Å². The Bertz CT molecular complexity index is 668. The van der Waals surface area contributed by atoms with Gasteiger partial charge in [-0.25, -0.2) is 4.68 Å². The lowest BCUT2D eigenvalue weighted by atomic mass is 10.1. The Hall–Kier alpha value is -2.33. The van der Waals surface area contributed by atoms with Crippen molar-refractivity contribution in [1.82, 2.24) is 15.1 Å². The van der Waals surface area contributed by atoms with Crippen molar-refractivity contribution >= 4 is 0 Å². The van der Waals surface area contributed by atoms with Gasteiger partial charge in [0.05, 0.1) is 23.0 Å². The number of halogens is 3. The second-order valence-corrected chi connectivity index (χ2v) is 4.41. The number of alkyl halides is 3. The summed E-state index contributed by atoms with van der Waals surface area (Å²) in [5, 5.41) is 16.0. The Morgan fingerprint density at radius 2 is 2.14 bits per heavy atom. The largest absolute Gasteiger partial charge is 0.419 e. The van der Waals surface area contributed by atoms with Crippen LogP contribution in [0.1, 0.15) is 23.6 Å². The van der Waals surface area contributed by atoms with E-state index in [0.717, 1.165) is 29.2 Å². The second-order valence-electron chi connectivity index (χ2n) is 4.41. The number of nitrogens with zero attached hydrogens (tertiary/aromatic N) is 3. The quantitative estimate of drug-likeness (QED) is 0.943. The zero-order chi connectivity index (χ0) is 15.5.